The zero-order chi connectivity index (χ0) is 21.4. The van der Waals surface area contributed by atoms with Crippen LogP contribution in [0.15, 0.2) is 30.6 Å². The van der Waals surface area contributed by atoms with Crippen LogP contribution >= 0.6 is 23.2 Å². The third-order valence-electron chi connectivity index (χ3n) is 4.95. The number of carbonyl (C=O) groups is 1. The molecule has 29 heavy (non-hydrogen) atoms. The molecule has 0 aliphatic heterocycles. The summed E-state index contributed by atoms with van der Waals surface area (Å²) in [6.45, 7) is 7.19. The van der Waals surface area contributed by atoms with E-state index in [0.29, 0.717) is 23.8 Å². The molecule has 1 heterocycles. The summed E-state index contributed by atoms with van der Waals surface area (Å²) >= 11 is 12.0. The summed E-state index contributed by atoms with van der Waals surface area (Å²) in [6, 6.07) is 3.72. The highest BCUT2D eigenvalue weighted by atomic mass is 35.5. The Morgan fingerprint density at radius 1 is 1.17 bits per heavy atom. The Hall–Kier alpha value is -2.05. The van der Waals surface area contributed by atoms with Crippen LogP contribution in [0, 0.1) is 18.2 Å². The van der Waals surface area contributed by atoms with E-state index >= 15 is 0 Å². The van der Waals surface area contributed by atoms with Gasteiger partial charge in [-0.15, -0.1) is 0 Å². The second-order valence-corrected chi connectivity index (χ2v) is 7.77. The highest BCUT2D eigenvalue weighted by molar-refractivity contribution is 6.33. The highest BCUT2D eigenvalue weighted by Crippen LogP contribution is 2.41. The van der Waals surface area contributed by atoms with E-state index in [1.807, 2.05) is 20.8 Å². The number of rotatable bonds is 6. The molecule has 8 heteroatoms. The summed E-state index contributed by atoms with van der Waals surface area (Å²) in [6.07, 6.45) is 6.54. The summed E-state index contributed by atoms with van der Waals surface area (Å²) in [5.41, 5.74) is 2.29. The molecule has 1 fully saturated rings. The van der Waals surface area contributed by atoms with E-state index < -0.39 is 5.82 Å². The minimum absolute atomic E-state index is 0.0170. The Labute approximate surface area is 181 Å². The number of urea groups is 1. The van der Waals surface area contributed by atoms with E-state index in [9.17, 15) is 9.18 Å². The van der Waals surface area contributed by atoms with Gasteiger partial charge in [-0.1, -0.05) is 43.5 Å². The van der Waals surface area contributed by atoms with Gasteiger partial charge in [-0.25, -0.2) is 9.18 Å². The van der Waals surface area contributed by atoms with Crippen molar-refractivity contribution in [3.05, 3.63) is 52.0 Å². The molecule has 0 radical (unpaired) electrons. The number of nitrogens with one attached hydrogen (secondary N) is 3. The van der Waals surface area contributed by atoms with Crippen molar-refractivity contribution in [2.45, 2.75) is 40.0 Å². The van der Waals surface area contributed by atoms with Crippen LogP contribution in [0.3, 0.4) is 0 Å². The number of anilines is 2. The van der Waals surface area contributed by atoms with Gasteiger partial charge >= 0.3 is 6.03 Å². The fourth-order valence-electron chi connectivity index (χ4n) is 3.14. The fraction of sp³-hybridized carbons (Fsp3) is 0.429. The van der Waals surface area contributed by atoms with Gasteiger partial charge in [0.2, 0.25) is 0 Å². The largest absolute Gasteiger partial charge is 0.383 e. The maximum absolute atomic E-state index is 13.2. The van der Waals surface area contributed by atoms with Crippen molar-refractivity contribution in [1.29, 1.82) is 0 Å². The number of hydrogen-bond donors (Lipinski definition) is 3. The molecule has 3 N–H and O–H groups in total. The minimum Gasteiger partial charge on any atom is -0.383 e. The third kappa shape index (κ3) is 6.21. The number of amides is 2. The first-order valence-electron chi connectivity index (χ1n) is 9.72. The lowest BCUT2D eigenvalue weighted by Gasteiger charge is -2.42. The van der Waals surface area contributed by atoms with Gasteiger partial charge in [-0.3, -0.25) is 4.98 Å². The molecule has 3 rings (SSSR count). The number of nitrogens with zero attached hydrogens (tertiary/aromatic N) is 1. The Bertz CT molecular complexity index is 823. The second-order valence-electron chi connectivity index (χ2n) is 6.96. The maximum atomic E-state index is 13.2. The summed E-state index contributed by atoms with van der Waals surface area (Å²) in [4.78, 5) is 16.2. The van der Waals surface area contributed by atoms with Crippen molar-refractivity contribution < 1.29 is 9.18 Å². The Morgan fingerprint density at radius 3 is 2.48 bits per heavy atom. The van der Waals surface area contributed by atoms with E-state index in [1.54, 1.807) is 12.4 Å². The number of benzene rings is 1. The molecule has 5 nitrogen and oxygen atoms in total. The van der Waals surface area contributed by atoms with Crippen molar-refractivity contribution in [2.24, 2.45) is 5.41 Å². The predicted octanol–water partition coefficient (Wildman–Crippen LogP) is 6.27. The van der Waals surface area contributed by atoms with Crippen LogP contribution in [0.4, 0.5) is 20.6 Å². The molecule has 0 bridgehead atoms. The molecule has 1 aromatic heterocycles. The van der Waals surface area contributed by atoms with E-state index in [2.05, 4.69) is 20.9 Å². The van der Waals surface area contributed by atoms with Gasteiger partial charge < -0.3 is 16.0 Å². The Balaban J connectivity index is 0.00000145. The zero-order valence-electron chi connectivity index (χ0n) is 16.9. The Morgan fingerprint density at radius 2 is 1.90 bits per heavy atom. The number of hydrogen-bond acceptors (Lipinski definition) is 3. The number of pyridine rings is 1. The molecule has 2 amide bonds. The Kier molecular flexibility index (Phi) is 8.53. The zero-order valence-corrected chi connectivity index (χ0v) is 18.4. The van der Waals surface area contributed by atoms with Gasteiger partial charge in [-0.2, -0.15) is 0 Å². The number of aryl methyl sites for hydroxylation is 1. The lowest BCUT2D eigenvalue weighted by Crippen LogP contribution is -2.47. The van der Waals surface area contributed by atoms with Crippen LogP contribution in [-0.4, -0.2) is 24.1 Å². The molecule has 0 saturated heterocycles. The smallest absolute Gasteiger partial charge is 0.319 e. The SMILES string of the molecule is CC.Cc1cncc(Cl)c1NCC1(CNC(=O)Nc2ccc(F)c(Cl)c2)CCC1. The summed E-state index contributed by atoms with van der Waals surface area (Å²) in [5.74, 6) is -0.521. The molecular weight excluding hydrogens is 414 g/mol. The average molecular weight is 441 g/mol. The number of aromatic nitrogens is 1. The first-order chi connectivity index (χ1) is 13.9. The highest BCUT2D eigenvalue weighted by Gasteiger charge is 2.37. The van der Waals surface area contributed by atoms with Crippen LogP contribution in [0.2, 0.25) is 10.0 Å². The molecule has 0 atom stereocenters. The van der Waals surface area contributed by atoms with E-state index in [4.69, 9.17) is 23.2 Å². The first-order valence-corrected chi connectivity index (χ1v) is 10.5. The van der Waals surface area contributed by atoms with Crippen molar-refractivity contribution in [3.8, 4) is 0 Å². The first kappa shape index (κ1) is 23.2. The summed E-state index contributed by atoms with van der Waals surface area (Å²) in [5, 5.41) is 9.54. The minimum atomic E-state index is -0.521. The van der Waals surface area contributed by atoms with E-state index in [0.717, 1.165) is 30.5 Å². The summed E-state index contributed by atoms with van der Waals surface area (Å²) < 4.78 is 13.2. The maximum Gasteiger partial charge on any atom is 0.319 e. The molecule has 0 spiro atoms. The van der Waals surface area contributed by atoms with Crippen LogP contribution in [0.5, 0.6) is 0 Å². The quantitative estimate of drug-likeness (QED) is 0.495. The molecule has 2 aromatic rings. The lowest BCUT2D eigenvalue weighted by atomic mass is 9.68. The monoisotopic (exact) mass is 440 g/mol. The predicted molar refractivity (Wildman–Crippen MR) is 119 cm³/mol. The molecular formula is C21H27Cl2FN4O. The molecule has 1 saturated carbocycles. The van der Waals surface area contributed by atoms with Crippen LogP contribution in [0.1, 0.15) is 38.7 Å². The molecule has 0 unspecified atom stereocenters. The van der Waals surface area contributed by atoms with Crippen LogP contribution in [0.25, 0.3) is 0 Å². The van der Waals surface area contributed by atoms with Gasteiger partial charge in [0.05, 0.1) is 15.7 Å². The number of halogens is 3. The second kappa shape index (κ2) is 10.6. The van der Waals surface area contributed by atoms with Crippen molar-refractivity contribution in [3.63, 3.8) is 0 Å². The fourth-order valence-corrected chi connectivity index (χ4v) is 3.59. The van der Waals surface area contributed by atoms with Gasteiger partial charge in [0.1, 0.15) is 5.82 Å². The lowest BCUT2D eigenvalue weighted by molar-refractivity contribution is 0.150. The average Bonchev–Trinajstić information content (AvgIpc) is 2.67. The van der Waals surface area contributed by atoms with Gasteiger partial charge in [0.15, 0.2) is 0 Å². The van der Waals surface area contributed by atoms with Crippen molar-refractivity contribution >= 4 is 40.6 Å². The van der Waals surface area contributed by atoms with E-state index in [1.165, 1.54) is 18.2 Å². The number of carbonyl (C=O) groups excluding carboxylic acids is 1. The standard InChI is InChI=1S/C19H21Cl2FN4O.C2H6/c1-12-8-23-9-15(21)17(12)24-10-19(5-2-6-19)11-25-18(27)26-13-3-4-16(22)14(20)7-13;1-2/h3-4,7-9H,2,5-6,10-11H2,1H3,(H,23,24)(H2,25,26,27);1-2H3. The molecule has 158 valence electrons. The van der Waals surface area contributed by atoms with Crippen LogP contribution < -0.4 is 16.0 Å². The molecule has 1 aliphatic rings. The van der Waals surface area contributed by atoms with Crippen molar-refractivity contribution in [1.82, 2.24) is 10.3 Å². The van der Waals surface area contributed by atoms with Gasteiger partial charge in [0.25, 0.3) is 0 Å². The van der Waals surface area contributed by atoms with Crippen LogP contribution in [-0.2, 0) is 0 Å². The van der Waals surface area contributed by atoms with Crippen molar-refractivity contribution in [2.75, 3.05) is 23.7 Å². The van der Waals surface area contributed by atoms with Gasteiger partial charge in [0, 0.05) is 36.6 Å². The van der Waals surface area contributed by atoms with E-state index in [-0.39, 0.29) is 16.5 Å². The summed E-state index contributed by atoms with van der Waals surface area (Å²) in [7, 11) is 0. The third-order valence-corrected chi connectivity index (χ3v) is 5.52. The molecule has 1 aliphatic carbocycles. The topological polar surface area (TPSA) is 66.0 Å². The van der Waals surface area contributed by atoms with Gasteiger partial charge in [-0.05, 0) is 43.5 Å². The molecule has 1 aromatic carbocycles. The normalized spacial score (nSPS) is 14.1.